The number of hydrazone groups is 1. The first-order valence-corrected chi connectivity index (χ1v) is 9.18. The first-order chi connectivity index (χ1) is 15.5. The van der Waals surface area contributed by atoms with Gasteiger partial charge in [-0.2, -0.15) is 20.6 Å². The van der Waals surface area contributed by atoms with Gasteiger partial charge in [-0.3, -0.25) is 15.5 Å². The predicted octanol–water partition coefficient (Wildman–Crippen LogP) is 3.68. The summed E-state index contributed by atoms with van der Waals surface area (Å²) in [5.41, 5.74) is 4.57. The zero-order chi connectivity index (χ0) is 22.9. The molecule has 0 atom stereocenters. The molecule has 0 radical (unpaired) electrons. The molecule has 3 aromatic rings. The average Bonchev–Trinajstić information content (AvgIpc) is 3.28. The fourth-order valence-corrected chi connectivity index (χ4v) is 2.61. The summed E-state index contributed by atoms with van der Waals surface area (Å²) >= 11 is 0. The van der Waals surface area contributed by atoms with E-state index in [1.807, 2.05) is 19.1 Å². The number of benzene rings is 1. The number of nitrogens with one attached hydrogen (secondary N) is 1. The summed E-state index contributed by atoms with van der Waals surface area (Å²) < 4.78 is 10.4. The maximum atomic E-state index is 10.6. The van der Waals surface area contributed by atoms with Crippen LogP contribution in [0.1, 0.15) is 23.8 Å². The molecule has 32 heavy (non-hydrogen) atoms. The lowest BCUT2D eigenvalue weighted by Crippen LogP contribution is -2.01. The number of furan rings is 1. The second kappa shape index (κ2) is 10.1. The predicted molar refractivity (Wildman–Crippen MR) is 115 cm³/mol. The molecule has 158 valence electrons. The van der Waals surface area contributed by atoms with E-state index in [0.717, 1.165) is 0 Å². The van der Waals surface area contributed by atoms with Gasteiger partial charge in [0.1, 0.15) is 11.3 Å². The van der Waals surface area contributed by atoms with Crippen LogP contribution in [0.5, 0.6) is 5.88 Å². The molecule has 2 heterocycles. The van der Waals surface area contributed by atoms with Crippen molar-refractivity contribution < 1.29 is 14.1 Å². The summed E-state index contributed by atoms with van der Waals surface area (Å²) in [6.07, 6.45) is 2.52. The number of rotatable bonds is 8. The Balaban J connectivity index is 1.81. The number of aromatic nitrogens is 1. The highest BCUT2D eigenvalue weighted by Crippen LogP contribution is 2.28. The molecule has 1 aromatic carbocycles. The Bertz CT molecular complexity index is 1250. The van der Waals surface area contributed by atoms with Crippen LogP contribution in [0.2, 0.25) is 0 Å². The van der Waals surface area contributed by atoms with Gasteiger partial charge in [0.15, 0.2) is 11.6 Å². The van der Waals surface area contributed by atoms with Crippen molar-refractivity contribution in [3.05, 3.63) is 69.5 Å². The summed E-state index contributed by atoms with van der Waals surface area (Å²) in [5.74, 6) is 0.430. The van der Waals surface area contributed by atoms with Gasteiger partial charge in [0.25, 0.3) is 0 Å². The monoisotopic (exact) mass is 429 g/mol. The fourth-order valence-electron chi connectivity index (χ4n) is 2.61. The van der Waals surface area contributed by atoms with Gasteiger partial charge >= 0.3 is 5.88 Å². The van der Waals surface area contributed by atoms with Crippen molar-refractivity contribution in [2.75, 3.05) is 6.61 Å². The topological polar surface area (TPSA) is 163 Å². The third-order valence-electron chi connectivity index (χ3n) is 3.92. The lowest BCUT2D eigenvalue weighted by atomic mass is 10.0. The third-order valence-corrected chi connectivity index (χ3v) is 3.92. The van der Waals surface area contributed by atoms with Gasteiger partial charge in [0, 0.05) is 6.07 Å². The molecule has 2 aromatic heterocycles. The minimum atomic E-state index is -0.646. The number of ether oxygens (including phenoxy) is 1. The second-order valence-electron chi connectivity index (χ2n) is 6.09. The maximum Gasteiger partial charge on any atom is 0.433 e. The van der Waals surface area contributed by atoms with E-state index in [0.29, 0.717) is 40.6 Å². The van der Waals surface area contributed by atoms with Gasteiger partial charge in [-0.1, -0.05) is 0 Å². The Morgan fingerprint density at radius 3 is 2.53 bits per heavy atom. The molecule has 0 bridgehead atoms. The molecule has 0 aliphatic carbocycles. The second-order valence-corrected chi connectivity index (χ2v) is 6.09. The number of pyridine rings is 1. The van der Waals surface area contributed by atoms with Gasteiger partial charge in [-0.05, 0) is 48.4 Å². The van der Waals surface area contributed by atoms with Crippen LogP contribution in [0, 0.1) is 32.8 Å². The lowest BCUT2D eigenvalue weighted by Gasteiger charge is -2.08. The fraction of sp³-hybridized carbons (Fsp3) is 0.0952. The number of hydrogen-bond donors (Lipinski definition) is 1. The minimum Gasteiger partial charge on any atom is -0.478 e. The number of nitriles is 2. The van der Waals surface area contributed by atoms with Crippen LogP contribution < -0.4 is 10.2 Å². The van der Waals surface area contributed by atoms with E-state index in [1.54, 1.807) is 24.3 Å². The zero-order valence-corrected chi connectivity index (χ0v) is 16.7. The smallest absolute Gasteiger partial charge is 0.433 e. The van der Waals surface area contributed by atoms with Crippen molar-refractivity contribution in [2.24, 2.45) is 10.1 Å². The van der Waals surface area contributed by atoms with Gasteiger partial charge in [0.05, 0.1) is 42.2 Å². The Labute approximate surface area is 182 Å². The van der Waals surface area contributed by atoms with E-state index in [9.17, 15) is 20.6 Å². The molecule has 1 N–H and O–H groups in total. The molecule has 0 spiro atoms. The first kappa shape index (κ1) is 21.7. The van der Waals surface area contributed by atoms with Crippen molar-refractivity contribution in [1.82, 2.24) is 10.4 Å². The largest absolute Gasteiger partial charge is 0.478 e. The molecule has 0 saturated heterocycles. The van der Waals surface area contributed by atoms with Crippen LogP contribution in [0.25, 0.3) is 11.1 Å². The Kier molecular flexibility index (Phi) is 6.86. The van der Waals surface area contributed by atoms with Crippen LogP contribution in [0.3, 0.4) is 0 Å². The highest BCUT2D eigenvalue weighted by molar-refractivity contribution is 5.77. The molecule has 0 unspecified atom stereocenters. The molecule has 11 nitrogen and oxygen atoms in total. The summed E-state index contributed by atoms with van der Waals surface area (Å²) in [5, 5.41) is 32.9. The van der Waals surface area contributed by atoms with Crippen molar-refractivity contribution in [1.29, 1.82) is 10.5 Å². The van der Waals surface area contributed by atoms with Crippen molar-refractivity contribution >= 4 is 24.3 Å². The SMILES string of the molecule is CCOc1cc(-c2cc(C#N)cc(C#N)c2)cc(N=CN/N=C\c2ccc([N+](=O)[O-])o2)n1. The molecule has 11 heteroatoms. The third kappa shape index (κ3) is 5.52. The molecule has 0 amide bonds. The van der Waals surface area contributed by atoms with Crippen LogP contribution in [-0.2, 0) is 0 Å². The van der Waals surface area contributed by atoms with Crippen LogP contribution >= 0.6 is 0 Å². The number of aliphatic imine (C=N–C) groups is 1. The molecule has 0 aliphatic rings. The van der Waals surface area contributed by atoms with Crippen LogP contribution in [0.15, 0.2) is 57.0 Å². The summed E-state index contributed by atoms with van der Waals surface area (Å²) in [6.45, 7) is 2.20. The lowest BCUT2D eigenvalue weighted by molar-refractivity contribution is -0.402. The van der Waals surface area contributed by atoms with E-state index in [-0.39, 0.29) is 11.6 Å². The molecule has 0 fully saturated rings. The van der Waals surface area contributed by atoms with Gasteiger partial charge in [0.2, 0.25) is 5.88 Å². The number of nitro groups is 1. The van der Waals surface area contributed by atoms with Gasteiger partial charge < -0.3 is 9.15 Å². The molecule has 0 saturated carbocycles. The Hall–Kier alpha value is -5.03. The highest BCUT2D eigenvalue weighted by Gasteiger charge is 2.10. The van der Waals surface area contributed by atoms with E-state index in [1.165, 1.54) is 30.8 Å². The van der Waals surface area contributed by atoms with Gasteiger partial charge in [-0.25, -0.2) is 4.99 Å². The quantitative estimate of drug-likeness (QED) is 0.245. The summed E-state index contributed by atoms with van der Waals surface area (Å²) in [4.78, 5) is 18.4. The molecular formula is C21H15N7O4. The Morgan fingerprint density at radius 2 is 1.91 bits per heavy atom. The van der Waals surface area contributed by atoms with E-state index >= 15 is 0 Å². The van der Waals surface area contributed by atoms with Crippen LogP contribution in [-0.4, -0.2) is 29.1 Å². The van der Waals surface area contributed by atoms with E-state index in [4.69, 9.17) is 9.15 Å². The molecule has 0 aliphatic heterocycles. The standard InChI is InChI=1S/C21H15N7O4/c1-2-31-20-9-17(16-6-14(10-22)5-15(7-16)11-23)8-19(27-20)24-13-26-25-12-18-3-4-21(32-18)28(29)30/h3-9,12-13H,2H2,1H3,(H,24,26,27)/b25-12-. The maximum absolute atomic E-state index is 10.6. The minimum absolute atomic E-state index is 0.196. The molecular weight excluding hydrogens is 414 g/mol. The van der Waals surface area contributed by atoms with Gasteiger partial charge in [-0.15, -0.1) is 0 Å². The van der Waals surface area contributed by atoms with Crippen molar-refractivity contribution in [3.63, 3.8) is 0 Å². The number of nitrogens with zero attached hydrogens (tertiary/aromatic N) is 6. The number of hydrogen-bond acceptors (Lipinski definition) is 9. The van der Waals surface area contributed by atoms with E-state index < -0.39 is 4.92 Å². The zero-order valence-electron chi connectivity index (χ0n) is 16.7. The average molecular weight is 429 g/mol. The van der Waals surface area contributed by atoms with Crippen molar-refractivity contribution in [3.8, 4) is 29.1 Å². The van der Waals surface area contributed by atoms with E-state index in [2.05, 4.69) is 20.5 Å². The highest BCUT2D eigenvalue weighted by atomic mass is 16.6. The first-order valence-electron chi connectivity index (χ1n) is 9.18. The molecule has 3 rings (SSSR count). The van der Waals surface area contributed by atoms with Crippen molar-refractivity contribution in [2.45, 2.75) is 6.92 Å². The Morgan fingerprint density at radius 1 is 1.19 bits per heavy atom. The van der Waals surface area contributed by atoms with Crippen LogP contribution in [0.4, 0.5) is 11.7 Å². The normalized spacial score (nSPS) is 10.7. The summed E-state index contributed by atoms with van der Waals surface area (Å²) in [7, 11) is 0. The summed E-state index contributed by atoms with van der Waals surface area (Å²) in [6, 6.07) is 14.9.